The summed E-state index contributed by atoms with van der Waals surface area (Å²) in [6.07, 6.45) is 3.70. The first-order valence-corrected chi connectivity index (χ1v) is 11.8. The molecule has 0 N–H and O–H groups in total. The van der Waals surface area contributed by atoms with Gasteiger partial charge >= 0.3 is 0 Å². The van der Waals surface area contributed by atoms with Gasteiger partial charge < -0.3 is 9.64 Å². The van der Waals surface area contributed by atoms with E-state index in [9.17, 15) is 9.59 Å². The van der Waals surface area contributed by atoms with Gasteiger partial charge in [0.2, 0.25) is 5.91 Å². The maximum atomic E-state index is 13.7. The number of benzene rings is 2. The van der Waals surface area contributed by atoms with Crippen LogP contribution >= 0.6 is 0 Å². The Morgan fingerprint density at radius 2 is 1.94 bits per heavy atom. The second-order valence-electron chi connectivity index (χ2n) is 9.08. The molecule has 1 aliphatic rings. The first kappa shape index (κ1) is 23.2. The molecule has 1 saturated carbocycles. The highest BCUT2D eigenvalue weighted by molar-refractivity contribution is 5.80. The minimum absolute atomic E-state index is 0.0669. The summed E-state index contributed by atoms with van der Waals surface area (Å²) in [5.74, 6) is 0.809. The molecule has 1 unspecified atom stereocenters. The Kier molecular flexibility index (Phi) is 6.94. The Morgan fingerprint density at radius 3 is 2.61 bits per heavy atom. The van der Waals surface area contributed by atoms with Crippen LogP contribution in [0.4, 0.5) is 0 Å². The molecule has 0 saturated heterocycles. The Morgan fingerprint density at radius 1 is 1.18 bits per heavy atom. The summed E-state index contributed by atoms with van der Waals surface area (Å²) in [6.45, 7) is 7.23. The Hall–Kier alpha value is -2.99. The monoisotopic (exact) mass is 447 g/mol. The van der Waals surface area contributed by atoms with Gasteiger partial charge in [0.1, 0.15) is 5.82 Å². The zero-order valence-electron chi connectivity index (χ0n) is 20.0. The van der Waals surface area contributed by atoms with Crippen LogP contribution in [0.5, 0.6) is 0 Å². The predicted octanol–water partition coefficient (Wildman–Crippen LogP) is 4.73. The van der Waals surface area contributed by atoms with Crippen molar-refractivity contribution in [3.05, 3.63) is 69.8 Å². The molecule has 0 aliphatic heterocycles. The van der Waals surface area contributed by atoms with Crippen LogP contribution in [-0.2, 0) is 9.53 Å². The van der Waals surface area contributed by atoms with Crippen LogP contribution in [0, 0.1) is 19.8 Å². The van der Waals surface area contributed by atoms with Gasteiger partial charge in [-0.2, -0.15) is 0 Å². The van der Waals surface area contributed by atoms with Crippen LogP contribution < -0.4 is 5.56 Å². The van der Waals surface area contributed by atoms with E-state index in [1.54, 1.807) is 11.7 Å². The summed E-state index contributed by atoms with van der Waals surface area (Å²) in [7, 11) is 1.67. The number of ether oxygens (including phenoxy) is 1. The van der Waals surface area contributed by atoms with Gasteiger partial charge in [-0.05, 0) is 75.4 Å². The van der Waals surface area contributed by atoms with Gasteiger partial charge in [0.15, 0.2) is 0 Å². The molecule has 4 rings (SSSR count). The number of amides is 1. The number of hydrogen-bond acceptors (Lipinski definition) is 4. The van der Waals surface area contributed by atoms with Gasteiger partial charge in [0.25, 0.3) is 5.56 Å². The summed E-state index contributed by atoms with van der Waals surface area (Å²) in [4.78, 5) is 33.9. The average Bonchev–Trinajstić information content (AvgIpc) is 2.77. The Labute approximate surface area is 195 Å². The molecular formula is C27H33N3O3. The molecule has 0 bridgehead atoms. The van der Waals surface area contributed by atoms with Crippen LogP contribution in [0.15, 0.2) is 47.3 Å². The third-order valence-electron chi connectivity index (χ3n) is 6.88. The van der Waals surface area contributed by atoms with E-state index in [1.807, 2.05) is 61.2 Å². The molecule has 1 heterocycles. The number of fused-ring (bicyclic) bond motifs is 1. The lowest BCUT2D eigenvalue weighted by Gasteiger charge is -2.36. The van der Waals surface area contributed by atoms with E-state index in [0.717, 1.165) is 42.5 Å². The van der Waals surface area contributed by atoms with Crippen molar-refractivity contribution in [2.45, 2.75) is 52.5 Å². The molecule has 6 nitrogen and oxygen atoms in total. The van der Waals surface area contributed by atoms with Crippen LogP contribution in [-0.4, -0.2) is 40.6 Å². The third-order valence-corrected chi connectivity index (χ3v) is 6.88. The minimum atomic E-state index is -0.353. The smallest absolute Gasteiger partial charge is 0.266 e. The van der Waals surface area contributed by atoms with E-state index in [1.165, 1.54) is 0 Å². The molecule has 1 aromatic heterocycles. The number of hydrogen-bond donors (Lipinski definition) is 0. The molecule has 1 aliphatic carbocycles. The molecule has 1 amide bonds. The number of methoxy groups -OCH3 is 1. The van der Waals surface area contributed by atoms with Gasteiger partial charge in [-0.15, -0.1) is 0 Å². The van der Waals surface area contributed by atoms with Crippen molar-refractivity contribution in [2.24, 2.45) is 5.92 Å². The lowest BCUT2D eigenvalue weighted by Crippen LogP contribution is -2.43. The summed E-state index contributed by atoms with van der Waals surface area (Å²) in [5.41, 5.74) is 3.58. The number of para-hydroxylation sites is 1. The topological polar surface area (TPSA) is 64.4 Å². The van der Waals surface area contributed by atoms with Crippen molar-refractivity contribution in [1.82, 2.24) is 14.5 Å². The first-order valence-electron chi connectivity index (χ1n) is 11.8. The molecule has 6 heteroatoms. The fourth-order valence-corrected chi connectivity index (χ4v) is 4.45. The van der Waals surface area contributed by atoms with Crippen molar-refractivity contribution in [2.75, 3.05) is 20.3 Å². The van der Waals surface area contributed by atoms with Crippen LogP contribution in [0.2, 0.25) is 0 Å². The minimum Gasteiger partial charge on any atom is -0.385 e. The van der Waals surface area contributed by atoms with Crippen LogP contribution in [0.3, 0.4) is 0 Å². The summed E-state index contributed by atoms with van der Waals surface area (Å²) in [6, 6.07) is 13.1. The molecule has 0 spiro atoms. The normalized spacial score (nSPS) is 14.8. The summed E-state index contributed by atoms with van der Waals surface area (Å²) < 4.78 is 6.93. The van der Waals surface area contributed by atoms with Gasteiger partial charge in [0.05, 0.1) is 22.6 Å². The highest BCUT2D eigenvalue weighted by Gasteiger charge is 2.33. The molecule has 3 aromatic rings. The van der Waals surface area contributed by atoms with E-state index in [-0.39, 0.29) is 23.4 Å². The van der Waals surface area contributed by atoms with E-state index in [2.05, 4.69) is 6.92 Å². The zero-order chi connectivity index (χ0) is 23.5. The van der Waals surface area contributed by atoms with Crippen molar-refractivity contribution < 1.29 is 9.53 Å². The number of aromatic nitrogens is 2. The molecule has 2 aromatic carbocycles. The lowest BCUT2D eigenvalue weighted by atomic mass is 9.84. The van der Waals surface area contributed by atoms with E-state index in [0.29, 0.717) is 29.9 Å². The molecule has 33 heavy (non-hydrogen) atoms. The molecular weight excluding hydrogens is 414 g/mol. The van der Waals surface area contributed by atoms with Crippen molar-refractivity contribution in [3.8, 4) is 5.69 Å². The second kappa shape index (κ2) is 9.87. The van der Waals surface area contributed by atoms with Gasteiger partial charge in [-0.25, -0.2) is 4.98 Å². The summed E-state index contributed by atoms with van der Waals surface area (Å²) >= 11 is 0. The third kappa shape index (κ3) is 4.58. The number of nitrogens with zero attached hydrogens (tertiary/aromatic N) is 3. The number of rotatable bonds is 8. The number of aryl methyl sites for hydroxylation is 2. The summed E-state index contributed by atoms with van der Waals surface area (Å²) in [5, 5.41) is 0.572. The van der Waals surface area contributed by atoms with Crippen molar-refractivity contribution >= 4 is 16.8 Å². The number of carbonyl (C=O) groups is 1. The highest BCUT2D eigenvalue weighted by atomic mass is 16.5. The van der Waals surface area contributed by atoms with E-state index in [4.69, 9.17) is 9.72 Å². The van der Waals surface area contributed by atoms with Crippen LogP contribution in [0.25, 0.3) is 16.6 Å². The van der Waals surface area contributed by atoms with E-state index >= 15 is 0 Å². The first-order chi connectivity index (χ1) is 15.9. The SMILES string of the molecule is COCCCN(C(=O)C1CCC1)C(C)c1nc2ccccc2c(=O)n1-c1ccc(C)c(C)c1. The second-order valence-corrected chi connectivity index (χ2v) is 9.08. The van der Waals surface area contributed by atoms with Crippen LogP contribution in [0.1, 0.15) is 55.6 Å². The maximum absolute atomic E-state index is 13.7. The predicted molar refractivity (Wildman–Crippen MR) is 131 cm³/mol. The lowest BCUT2D eigenvalue weighted by molar-refractivity contribution is -0.140. The van der Waals surface area contributed by atoms with Crippen molar-refractivity contribution in [1.29, 1.82) is 0 Å². The standard InChI is InChI=1S/C27H33N3O3/c1-18-13-14-22(17-19(18)2)30-25(28-24-12-6-5-11-23(24)27(30)32)20(3)29(15-8-16-33-4)26(31)21-9-7-10-21/h5-6,11-14,17,20-21H,7-10,15-16H2,1-4H3. The molecule has 174 valence electrons. The Bertz CT molecular complexity index is 1210. The van der Waals surface area contributed by atoms with Gasteiger partial charge in [-0.3, -0.25) is 14.2 Å². The quantitative estimate of drug-likeness (QED) is 0.469. The maximum Gasteiger partial charge on any atom is 0.266 e. The number of carbonyl (C=O) groups excluding carboxylic acids is 1. The average molecular weight is 448 g/mol. The van der Waals surface area contributed by atoms with Crippen molar-refractivity contribution in [3.63, 3.8) is 0 Å². The largest absolute Gasteiger partial charge is 0.385 e. The highest BCUT2D eigenvalue weighted by Crippen LogP contribution is 2.32. The fourth-order valence-electron chi connectivity index (χ4n) is 4.45. The molecule has 0 radical (unpaired) electrons. The van der Waals surface area contributed by atoms with Gasteiger partial charge in [-0.1, -0.05) is 24.6 Å². The van der Waals surface area contributed by atoms with E-state index < -0.39 is 0 Å². The Balaban J connectivity index is 1.86. The fraction of sp³-hybridized carbons (Fsp3) is 0.444. The zero-order valence-corrected chi connectivity index (χ0v) is 20.0. The van der Waals surface area contributed by atoms with Gasteiger partial charge in [0, 0.05) is 26.2 Å². The molecule has 1 atom stereocenters. The molecule has 1 fully saturated rings.